The van der Waals surface area contributed by atoms with Gasteiger partial charge in [0.2, 0.25) is 18.3 Å². The first kappa shape index (κ1) is 19.7. The van der Waals surface area contributed by atoms with Gasteiger partial charge in [-0.1, -0.05) is 0 Å². The van der Waals surface area contributed by atoms with Gasteiger partial charge in [0.15, 0.2) is 23.0 Å². The molecule has 31 heavy (non-hydrogen) atoms. The van der Waals surface area contributed by atoms with Crippen molar-refractivity contribution >= 4 is 5.97 Å². The van der Waals surface area contributed by atoms with Gasteiger partial charge in [0.1, 0.15) is 0 Å². The maximum atomic E-state index is 12.9. The molecule has 0 saturated carbocycles. The molecule has 0 aromatic heterocycles. The topological polar surface area (TPSA) is 81.7 Å². The fourth-order valence-electron chi connectivity index (χ4n) is 5.08. The first-order chi connectivity index (χ1) is 15.1. The molecule has 8 nitrogen and oxygen atoms in total. The van der Waals surface area contributed by atoms with Crippen LogP contribution in [0.1, 0.15) is 22.6 Å². The van der Waals surface area contributed by atoms with E-state index >= 15 is 0 Å². The van der Waals surface area contributed by atoms with Crippen molar-refractivity contribution in [2.75, 3.05) is 41.8 Å². The minimum absolute atomic E-state index is 0.0502. The zero-order valence-electron chi connectivity index (χ0n) is 17.9. The van der Waals surface area contributed by atoms with E-state index in [0.29, 0.717) is 47.5 Å². The van der Waals surface area contributed by atoms with E-state index in [4.69, 9.17) is 33.2 Å². The van der Waals surface area contributed by atoms with Gasteiger partial charge in [-0.2, -0.15) is 0 Å². The van der Waals surface area contributed by atoms with Crippen LogP contribution >= 0.6 is 0 Å². The van der Waals surface area contributed by atoms with E-state index in [1.165, 1.54) is 0 Å². The van der Waals surface area contributed by atoms with Gasteiger partial charge >= 0.3 is 5.97 Å². The van der Waals surface area contributed by atoms with Crippen LogP contribution in [0.3, 0.4) is 0 Å². The molecule has 2 heterocycles. The second kappa shape index (κ2) is 7.44. The number of cyclic esters (lactones) is 1. The highest BCUT2D eigenvalue weighted by molar-refractivity contribution is 5.79. The molecule has 1 aliphatic carbocycles. The molecule has 5 rings (SSSR count). The Balaban J connectivity index is 1.77. The third kappa shape index (κ3) is 2.85. The number of fused-ring (bicyclic) bond motifs is 3. The third-order valence-electron chi connectivity index (χ3n) is 6.37. The van der Waals surface area contributed by atoms with E-state index in [2.05, 4.69) is 0 Å². The van der Waals surface area contributed by atoms with Crippen molar-refractivity contribution in [3.05, 3.63) is 34.9 Å². The molecule has 0 spiro atoms. The number of esters is 1. The van der Waals surface area contributed by atoms with Crippen LogP contribution in [0.15, 0.2) is 18.2 Å². The van der Waals surface area contributed by atoms with Crippen LogP contribution in [0.25, 0.3) is 0 Å². The lowest BCUT2D eigenvalue weighted by molar-refractivity contribution is -0.141. The summed E-state index contributed by atoms with van der Waals surface area (Å²) in [6, 6.07) is 5.76. The number of rotatable bonds is 5. The number of carbonyl (C=O) groups excluding carboxylic acids is 1. The first-order valence-corrected chi connectivity index (χ1v) is 10.1. The minimum atomic E-state index is -0.357. The Labute approximate surface area is 179 Å². The quantitative estimate of drug-likeness (QED) is 0.673. The SMILES string of the molecule is COc1cc([C@@H]2c3c(cc4c(c3OC)OCO4)C[C@H]3COC(=O)[C@@H]32)cc(OC)c1OC. The Morgan fingerprint density at radius 2 is 1.58 bits per heavy atom. The zero-order valence-corrected chi connectivity index (χ0v) is 17.9. The molecule has 3 aliphatic rings. The summed E-state index contributed by atoms with van der Waals surface area (Å²) in [5, 5.41) is 0. The molecule has 3 atom stereocenters. The lowest BCUT2D eigenvalue weighted by atomic mass is 9.67. The molecule has 0 unspecified atom stereocenters. The second-order valence-electron chi connectivity index (χ2n) is 7.77. The predicted molar refractivity (Wildman–Crippen MR) is 109 cm³/mol. The summed E-state index contributed by atoms with van der Waals surface area (Å²) >= 11 is 0. The number of ether oxygens (including phenoxy) is 7. The molecule has 0 radical (unpaired) electrons. The van der Waals surface area contributed by atoms with E-state index in [1.54, 1.807) is 28.4 Å². The Bertz CT molecular complexity index is 1020. The van der Waals surface area contributed by atoms with Gasteiger partial charge in [-0.15, -0.1) is 0 Å². The standard InChI is InChI=1S/C23H24O8/c1-25-14-6-12(7-15(26-2)20(14)27-3)17-18-11(5-13-9-29-23(24)19(13)17)8-16-21(22(18)28-4)31-10-30-16/h6-8,13,17,19H,5,9-10H2,1-4H3/t13-,17+,19-/m0/s1. The van der Waals surface area contributed by atoms with Gasteiger partial charge in [0.25, 0.3) is 0 Å². The molecule has 2 aromatic rings. The molecule has 0 bridgehead atoms. The monoisotopic (exact) mass is 428 g/mol. The number of hydrogen-bond acceptors (Lipinski definition) is 8. The summed E-state index contributed by atoms with van der Waals surface area (Å²) in [7, 11) is 6.30. The van der Waals surface area contributed by atoms with Crippen LogP contribution in [0.4, 0.5) is 0 Å². The smallest absolute Gasteiger partial charge is 0.310 e. The summed E-state index contributed by atoms with van der Waals surface area (Å²) in [5.41, 5.74) is 2.81. The average Bonchev–Trinajstić information content (AvgIpc) is 3.41. The number of hydrogen-bond donors (Lipinski definition) is 0. The van der Waals surface area contributed by atoms with Crippen LogP contribution in [0, 0.1) is 11.8 Å². The molecule has 0 amide bonds. The van der Waals surface area contributed by atoms with Gasteiger partial charge in [-0.3, -0.25) is 4.79 Å². The van der Waals surface area contributed by atoms with Gasteiger partial charge in [-0.25, -0.2) is 0 Å². The molecule has 2 aliphatic heterocycles. The van der Waals surface area contributed by atoms with Crippen LogP contribution < -0.4 is 28.4 Å². The highest BCUT2D eigenvalue weighted by Crippen LogP contribution is 2.56. The van der Waals surface area contributed by atoms with E-state index < -0.39 is 0 Å². The number of benzene rings is 2. The predicted octanol–water partition coefficient (Wildman–Crippen LogP) is 2.93. The van der Waals surface area contributed by atoms with Crippen LogP contribution in [-0.2, 0) is 16.0 Å². The van der Waals surface area contributed by atoms with Crippen LogP contribution in [-0.4, -0.2) is 47.8 Å². The Morgan fingerprint density at radius 3 is 2.23 bits per heavy atom. The largest absolute Gasteiger partial charge is 0.493 e. The molecule has 2 aromatic carbocycles. The molecule has 164 valence electrons. The first-order valence-electron chi connectivity index (χ1n) is 10.1. The minimum Gasteiger partial charge on any atom is -0.493 e. The van der Waals surface area contributed by atoms with Crippen molar-refractivity contribution < 1.29 is 38.0 Å². The average molecular weight is 428 g/mol. The van der Waals surface area contributed by atoms with Gasteiger partial charge < -0.3 is 33.2 Å². The van der Waals surface area contributed by atoms with E-state index in [1.807, 2.05) is 18.2 Å². The van der Waals surface area contributed by atoms with Gasteiger partial charge in [-0.05, 0) is 35.7 Å². The third-order valence-corrected chi connectivity index (χ3v) is 6.37. The van der Waals surface area contributed by atoms with Crippen LogP contribution in [0.2, 0.25) is 0 Å². The summed E-state index contributed by atoms with van der Waals surface area (Å²) < 4.78 is 39.2. The van der Waals surface area contributed by atoms with Crippen molar-refractivity contribution in [1.82, 2.24) is 0 Å². The second-order valence-corrected chi connectivity index (χ2v) is 7.77. The highest BCUT2D eigenvalue weighted by Gasteiger charge is 2.50. The van der Waals surface area contributed by atoms with Crippen molar-refractivity contribution in [2.24, 2.45) is 11.8 Å². The lowest BCUT2D eigenvalue weighted by Crippen LogP contribution is -2.32. The lowest BCUT2D eigenvalue weighted by Gasteiger charge is -2.35. The Morgan fingerprint density at radius 1 is 0.871 bits per heavy atom. The molecule has 8 heteroatoms. The summed E-state index contributed by atoms with van der Waals surface area (Å²) in [6.07, 6.45) is 0.694. The summed E-state index contributed by atoms with van der Waals surface area (Å²) in [6.45, 7) is 0.527. The van der Waals surface area contributed by atoms with Crippen molar-refractivity contribution in [3.63, 3.8) is 0 Å². The van der Waals surface area contributed by atoms with Crippen LogP contribution in [0.5, 0.6) is 34.5 Å². The van der Waals surface area contributed by atoms with Crippen molar-refractivity contribution in [1.29, 1.82) is 0 Å². The number of carbonyl (C=O) groups is 1. The van der Waals surface area contributed by atoms with Crippen molar-refractivity contribution in [2.45, 2.75) is 12.3 Å². The maximum absolute atomic E-state index is 12.9. The molecule has 0 N–H and O–H groups in total. The Hall–Kier alpha value is -3.29. The fourth-order valence-corrected chi connectivity index (χ4v) is 5.08. The fraction of sp³-hybridized carbons (Fsp3) is 0.435. The highest BCUT2D eigenvalue weighted by atomic mass is 16.7. The zero-order chi connectivity index (χ0) is 21.7. The van der Waals surface area contributed by atoms with E-state index in [-0.39, 0.29) is 30.5 Å². The molecule has 1 fully saturated rings. The molecular formula is C23H24O8. The molecular weight excluding hydrogens is 404 g/mol. The number of methoxy groups -OCH3 is 4. The maximum Gasteiger partial charge on any atom is 0.310 e. The summed E-state index contributed by atoms with van der Waals surface area (Å²) in [4.78, 5) is 12.9. The van der Waals surface area contributed by atoms with Gasteiger partial charge in [0.05, 0.1) is 41.0 Å². The van der Waals surface area contributed by atoms with Crippen molar-refractivity contribution in [3.8, 4) is 34.5 Å². The van der Waals surface area contributed by atoms with E-state index in [0.717, 1.165) is 16.7 Å². The summed E-state index contributed by atoms with van der Waals surface area (Å²) in [5.74, 6) is 2.48. The van der Waals surface area contributed by atoms with Gasteiger partial charge in [0, 0.05) is 17.4 Å². The Kier molecular flexibility index (Phi) is 4.72. The van der Waals surface area contributed by atoms with E-state index in [9.17, 15) is 4.79 Å². The molecule has 1 saturated heterocycles. The normalized spacial score (nSPS) is 23.0.